The molecule has 4 rings (SSSR count). The Morgan fingerprint density at radius 2 is 2.12 bits per heavy atom. The van der Waals surface area contributed by atoms with E-state index < -0.39 is 0 Å². The number of para-hydroxylation sites is 2. The third kappa shape index (κ3) is 3.21. The predicted octanol–water partition coefficient (Wildman–Crippen LogP) is 4.76. The number of anilines is 1. The second-order valence-corrected chi connectivity index (χ2v) is 7.16. The lowest BCUT2D eigenvalue weighted by Gasteiger charge is -2.10. The number of rotatable bonds is 4. The van der Waals surface area contributed by atoms with Gasteiger partial charge in [-0.05, 0) is 36.8 Å². The second-order valence-electron chi connectivity index (χ2n) is 5.86. The Hall–Kier alpha value is -2.70. The predicted molar refractivity (Wildman–Crippen MR) is 106 cm³/mol. The van der Waals surface area contributed by atoms with E-state index in [0.29, 0.717) is 16.5 Å². The summed E-state index contributed by atoms with van der Waals surface area (Å²) >= 11 is 7.63. The lowest BCUT2D eigenvalue weighted by atomic mass is 10.2. The number of carbonyl (C=O) groups excluding carboxylic acids is 1. The molecule has 130 valence electrons. The molecule has 0 unspecified atom stereocenters. The number of aromatic nitrogens is 3. The van der Waals surface area contributed by atoms with Crippen LogP contribution in [-0.4, -0.2) is 20.4 Å². The minimum Gasteiger partial charge on any atom is -0.324 e. The highest BCUT2D eigenvalue weighted by Gasteiger charge is 2.17. The number of fused-ring (bicyclic) bond motifs is 1. The summed E-state index contributed by atoms with van der Waals surface area (Å²) in [5.74, 6) is 0.546. The maximum Gasteiger partial charge on any atom is 0.244 e. The number of aryl methyl sites for hydroxylation is 1. The van der Waals surface area contributed by atoms with Crippen LogP contribution in [0, 0.1) is 6.92 Å². The highest BCUT2D eigenvalue weighted by molar-refractivity contribution is 7.13. The van der Waals surface area contributed by atoms with Crippen LogP contribution in [-0.2, 0) is 11.3 Å². The number of halogens is 1. The average Bonchev–Trinajstić information content (AvgIpc) is 3.26. The first-order valence-electron chi connectivity index (χ1n) is 8.03. The molecule has 0 bridgehead atoms. The van der Waals surface area contributed by atoms with Crippen molar-refractivity contribution in [1.29, 1.82) is 0 Å². The molecular weight excluding hydrogens is 368 g/mol. The van der Waals surface area contributed by atoms with Gasteiger partial charge in [-0.25, -0.2) is 9.97 Å². The summed E-state index contributed by atoms with van der Waals surface area (Å²) in [4.78, 5) is 21.6. The van der Waals surface area contributed by atoms with Crippen LogP contribution < -0.4 is 5.32 Å². The van der Waals surface area contributed by atoms with Crippen LogP contribution in [0.3, 0.4) is 0 Å². The highest BCUT2D eigenvalue weighted by Crippen LogP contribution is 2.26. The van der Waals surface area contributed by atoms with Gasteiger partial charge in [0.05, 0.1) is 11.0 Å². The number of nitrogens with zero attached hydrogens (tertiary/aromatic N) is 3. The van der Waals surface area contributed by atoms with Gasteiger partial charge in [0.2, 0.25) is 5.91 Å². The molecule has 1 amide bonds. The Balaban J connectivity index is 1.66. The first-order valence-corrected chi connectivity index (χ1v) is 9.29. The molecule has 0 saturated carbocycles. The highest BCUT2D eigenvalue weighted by atomic mass is 35.5. The maximum atomic E-state index is 12.6. The van der Waals surface area contributed by atoms with Crippen molar-refractivity contribution in [3.63, 3.8) is 0 Å². The molecule has 0 atom stereocenters. The topological polar surface area (TPSA) is 59.8 Å². The van der Waals surface area contributed by atoms with Gasteiger partial charge >= 0.3 is 0 Å². The van der Waals surface area contributed by atoms with E-state index >= 15 is 0 Å². The number of hydrogen-bond donors (Lipinski definition) is 1. The number of imidazole rings is 1. The van der Waals surface area contributed by atoms with Gasteiger partial charge in [0.25, 0.3) is 0 Å². The zero-order chi connectivity index (χ0) is 18.1. The molecule has 4 aromatic rings. The maximum absolute atomic E-state index is 12.6. The summed E-state index contributed by atoms with van der Waals surface area (Å²) in [7, 11) is 0. The quantitative estimate of drug-likeness (QED) is 0.553. The van der Waals surface area contributed by atoms with Crippen molar-refractivity contribution in [1.82, 2.24) is 14.5 Å². The molecule has 2 aromatic carbocycles. The molecule has 0 aliphatic carbocycles. The summed E-state index contributed by atoms with van der Waals surface area (Å²) in [6, 6.07) is 13.2. The summed E-state index contributed by atoms with van der Waals surface area (Å²) in [5, 5.41) is 6.20. The lowest BCUT2D eigenvalue weighted by Crippen LogP contribution is -2.19. The van der Waals surface area contributed by atoms with Crippen LogP contribution in [0.15, 0.2) is 54.0 Å². The molecule has 1 N–H and O–H groups in total. The zero-order valence-corrected chi connectivity index (χ0v) is 15.5. The van der Waals surface area contributed by atoms with E-state index in [1.54, 1.807) is 12.3 Å². The molecule has 0 aliphatic rings. The largest absolute Gasteiger partial charge is 0.324 e. The molecular formula is C19H15ClN4OS. The van der Waals surface area contributed by atoms with Gasteiger partial charge in [-0.2, -0.15) is 0 Å². The van der Waals surface area contributed by atoms with Gasteiger partial charge < -0.3 is 9.88 Å². The SMILES string of the molecule is Cc1ccc(NC(=O)Cn2c(-c3nccs3)nc3ccccc32)cc1Cl. The molecule has 0 fully saturated rings. The number of nitrogens with one attached hydrogen (secondary N) is 1. The fourth-order valence-corrected chi connectivity index (χ4v) is 3.56. The molecule has 0 aliphatic heterocycles. The molecule has 7 heteroatoms. The zero-order valence-electron chi connectivity index (χ0n) is 13.9. The van der Waals surface area contributed by atoms with Gasteiger partial charge in [-0.1, -0.05) is 29.8 Å². The Bertz CT molecular complexity index is 1090. The molecule has 26 heavy (non-hydrogen) atoms. The van der Waals surface area contributed by atoms with Crippen LogP contribution in [0.25, 0.3) is 21.9 Å². The third-order valence-corrected chi connectivity index (χ3v) is 5.21. The van der Waals surface area contributed by atoms with E-state index in [1.807, 2.05) is 53.3 Å². The van der Waals surface area contributed by atoms with E-state index in [9.17, 15) is 4.79 Å². The van der Waals surface area contributed by atoms with E-state index in [4.69, 9.17) is 11.6 Å². The van der Waals surface area contributed by atoms with Gasteiger partial charge in [0.1, 0.15) is 6.54 Å². The van der Waals surface area contributed by atoms with E-state index in [0.717, 1.165) is 21.6 Å². The second kappa shape index (κ2) is 6.90. The van der Waals surface area contributed by atoms with Crippen molar-refractivity contribution in [3.05, 3.63) is 64.6 Å². The van der Waals surface area contributed by atoms with Crippen molar-refractivity contribution in [3.8, 4) is 10.8 Å². The van der Waals surface area contributed by atoms with Gasteiger partial charge in [-0.3, -0.25) is 4.79 Å². The standard InChI is InChI=1S/C19H15ClN4OS/c1-12-6-7-13(10-14(12)20)22-17(25)11-24-16-5-3-2-4-15(16)23-18(24)19-21-8-9-26-19/h2-10H,11H2,1H3,(H,22,25). The van der Waals surface area contributed by atoms with E-state index in [1.165, 1.54) is 11.3 Å². The van der Waals surface area contributed by atoms with E-state index in [-0.39, 0.29) is 12.5 Å². The van der Waals surface area contributed by atoms with Crippen molar-refractivity contribution >= 4 is 45.6 Å². The normalized spacial score (nSPS) is 11.0. The molecule has 2 aromatic heterocycles. The minimum atomic E-state index is -0.147. The monoisotopic (exact) mass is 382 g/mol. The number of carbonyl (C=O) groups is 1. The van der Waals surface area contributed by atoms with Gasteiger partial charge in [0.15, 0.2) is 10.8 Å². The number of hydrogen-bond acceptors (Lipinski definition) is 4. The summed E-state index contributed by atoms with van der Waals surface area (Å²) in [6.45, 7) is 2.06. The number of thiazole rings is 1. The Labute approximate surface area is 159 Å². The van der Waals surface area contributed by atoms with E-state index in [2.05, 4.69) is 15.3 Å². The number of amides is 1. The Morgan fingerprint density at radius 3 is 2.88 bits per heavy atom. The van der Waals surface area contributed by atoms with Crippen LogP contribution >= 0.6 is 22.9 Å². The number of benzene rings is 2. The smallest absolute Gasteiger partial charge is 0.244 e. The first kappa shape index (κ1) is 16.8. The van der Waals surface area contributed by atoms with Gasteiger partial charge in [0, 0.05) is 22.3 Å². The van der Waals surface area contributed by atoms with Crippen LogP contribution in [0.4, 0.5) is 5.69 Å². The average molecular weight is 383 g/mol. The van der Waals surface area contributed by atoms with Crippen molar-refractivity contribution in [2.24, 2.45) is 0 Å². The molecule has 2 heterocycles. The third-order valence-electron chi connectivity index (χ3n) is 4.04. The van der Waals surface area contributed by atoms with Crippen LogP contribution in [0.5, 0.6) is 0 Å². The van der Waals surface area contributed by atoms with Crippen molar-refractivity contribution < 1.29 is 4.79 Å². The first-order chi connectivity index (χ1) is 12.6. The van der Waals surface area contributed by atoms with Crippen LogP contribution in [0.1, 0.15) is 5.56 Å². The van der Waals surface area contributed by atoms with Crippen LogP contribution in [0.2, 0.25) is 5.02 Å². The molecule has 0 saturated heterocycles. The fraction of sp³-hybridized carbons (Fsp3) is 0.105. The molecule has 0 spiro atoms. The summed E-state index contributed by atoms with van der Waals surface area (Å²) in [5.41, 5.74) is 3.38. The fourth-order valence-electron chi connectivity index (χ4n) is 2.75. The van der Waals surface area contributed by atoms with Crippen molar-refractivity contribution in [2.45, 2.75) is 13.5 Å². The Morgan fingerprint density at radius 1 is 1.27 bits per heavy atom. The molecule has 0 radical (unpaired) electrons. The van der Waals surface area contributed by atoms with Crippen molar-refractivity contribution in [2.75, 3.05) is 5.32 Å². The van der Waals surface area contributed by atoms with Gasteiger partial charge in [-0.15, -0.1) is 11.3 Å². The molecule has 5 nitrogen and oxygen atoms in total. The Kier molecular flexibility index (Phi) is 4.44. The minimum absolute atomic E-state index is 0.140. The summed E-state index contributed by atoms with van der Waals surface area (Å²) < 4.78 is 1.89. The lowest BCUT2D eigenvalue weighted by molar-refractivity contribution is -0.116. The summed E-state index contributed by atoms with van der Waals surface area (Å²) in [6.07, 6.45) is 1.73.